The second kappa shape index (κ2) is 6.61. The van der Waals surface area contributed by atoms with Gasteiger partial charge in [-0.3, -0.25) is 0 Å². The predicted octanol–water partition coefficient (Wildman–Crippen LogP) is 2.84. The molecule has 3 heterocycles. The fourth-order valence-electron chi connectivity index (χ4n) is 3.57. The summed E-state index contributed by atoms with van der Waals surface area (Å²) in [6.45, 7) is 10.2. The number of piperidine rings is 1. The van der Waals surface area contributed by atoms with Crippen molar-refractivity contribution in [1.82, 2.24) is 19.7 Å². The third kappa shape index (κ3) is 3.65. The van der Waals surface area contributed by atoms with Crippen LogP contribution in [0.3, 0.4) is 0 Å². The van der Waals surface area contributed by atoms with Gasteiger partial charge in [-0.25, -0.2) is 9.48 Å². The Balaban J connectivity index is 1.72. The van der Waals surface area contributed by atoms with E-state index in [4.69, 9.17) is 4.74 Å². The van der Waals surface area contributed by atoms with Crippen molar-refractivity contribution >= 4 is 12.0 Å². The summed E-state index contributed by atoms with van der Waals surface area (Å²) in [6, 6.07) is 0.305. The number of rotatable bonds is 2. The predicted molar refractivity (Wildman–Crippen MR) is 92.1 cm³/mol. The molecule has 2 aliphatic heterocycles. The molecular formula is C17H29N5O2. The standard InChI is InChI=1S/C17H29N5O2/c1-5-14-19-15-18-9-8-13(22(15)20-14)12-7-6-10-21(11-12)16(23)24-17(2,3)4/h12-13H,5-11H2,1-4H3,(H,18,19,20). The average Bonchev–Trinajstić information content (AvgIpc) is 2.96. The van der Waals surface area contributed by atoms with Gasteiger partial charge in [0.2, 0.25) is 5.95 Å². The zero-order valence-corrected chi connectivity index (χ0v) is 15.2. The molecule has 0 aliphatic carbocycles. The first kappa shape index (κ1) is 17.0. The maximum absolute atomic E-state index is 12.4. The van der Waals surface area contributed by atoms with E-state index in [1.807, 2.05) is 30.4 Å². The van der Waals surface area contributed by atoms with E-state index in [9.17, 15) is 4.79 Å². The number of nitrogens with zero attached hydrogens (tertiary/aromatic N) is 4. The molecule has 1 N–H and O–H groups in total. The Morgan fingerprint density at radius 3 is 2.88 bits per heavy atom. The number of carbonyl (C=O) groups is 1. The summed E-state index contributed by atoms with van der Waals surface area (Å²) in [5.41, 5.74) is -0.451. The highest BCUT2D eigenvalue weighted by Crippen LogP contribution is 2.34. The molecule has 0 spiro atoms. The number of nitrogens with one attached hydrogen (secondary N) is 1. The molecule has 7 nitrogen and oxygen atoms in total. The Labute approximate surface area is 143 Å². The third-order valence-corrected chi connectivity index (χ3v) is 4.68. The Morgan fingerprint density at radius 1 is 1.38 bits per heavy atom. The van der Waals surface area contributed by atoms with Gasteiger partial charge < -0.3 is 15.0 Å². The lowest BCUT2D eigenvalue weighted by Gasteiger charge is -2.39. The summed E-state index contributed by atoms with van der Waals surface area (Å²) < 4.78 is 7.59. The van der Waals surface area contributed by atoms with Crippen LogP contribution >= 0.6 is 0 Å². The van der Waals surface area contributed by atoms with Crippen LogP contribution in [0.1, 0.15) is 58.8 Å². The van der Waals surface area contributed by atoms with Crippen LogP contribution in [0.15, 0.2) is 0 Å². The van der Waals surface area contributed by atoms with E-state index in [2.05, 4.69) is 22.3 Å². The first-order chi connectivity index (χ1) is 11.4. The molecule has 134 valence electrons. The molecule has 24 heavy (non-hydrogen) atoms. The number of fused-ring (bicyclic) bond motifs is 1. The zero-order chi connectivity index (χ0) is 17.3. The molecule has 3 rings (SSSR count). The molecule has 0 saturated carbocycles. The molecule has 2 aliphatic rings. The fourth-order valence-corrected chi connectivity index (χ4v) is 3.57. The van der Waals surface area contributed by atoms with Gasteiger partial charge in [0.25, 0.3) is 0 Å². The highest BCUT2D eigenvalue weighted by molar-refractivity contribution is 5.68. The van der Waals surface area contributed by atoms with E-state index >= 15 is 0 Å². The summed E-state index contributed by atoms with van der Waals surface area (Å²) in [5.74, 6) is 2.15. The van der Waals surface area contributed by atoms with E-state index in [0.717, 1.165) is 57.1 Å². The molecule has 0 radical (unpaired) electrons. The normalized spacial score (nSPS) is 24.2. The van der Waals surface area contributed by atoms with Gasteiger partial charge in [-0.2, -0.15) is 10.1 Å². The largest absolute Gasteiger partial charge is 0.444 e. The molecule has 2 atom stereocenters. The monoisotopic (exact) mass is 335 g/mol. The van der Waals surface area contributed by atoms with Gasteiger partial charge in [0, 0.05) is 26.1 Å². The van der Waals surface area contributed by atoms with Crippen LogP contribution in [0.4, 0.5) is 10.7 Å². The molecule has 1 fully saturated rings. The van der Waals surface area contributed by atoms with Crippen molar-refractivity contribution in [2.45, 2.75) is 65.0 Å². The van der Waals surface area contributed by atoms with Crippen LogP contribution < -0.4 is 5.32 Å². The first-order valence-corrected chi connectivity index (χ1v) is 9.04. The quantitative estimate of drug-likeness (QED) is 0.900. The summed E-state index contributed by atoms with van der Waals surface area (Å²) in [5, 5.41) is 8.00. The van der Waals surface area contributed by atoms with Gasteiger partial charge in [-0.05, 0) is 46.0 Å². The minimum absolute atomic E-state index is 0.200. The lowest BCUT2D eigenvalue weighted by Crippen LogP contribution is -2.45. The number of aryl methyl sites for hydroxylation is 1. The molecule has 2 unspecified atom stereocenters. The minimum Gasteiger partial charge on any atom is -0.444 e. The number of hydrogen-bond donors (Lipinski definition) is 1. The van der Waals surface area contributed by atoms with Crippen LogP contribution in [-0.4, -0.2) is 51.0 Å². The summed E-state index contributed by atoms with van der Waals surface area (Å²) >= 11 is 0. The number of anilines is 1. The first-order valence-electron chi connectivity index (χ1n) is 9.04. The molecule has 1 aromatic rings. The van der Waals surface area contributed by atoms with E-state index in [1.165, 1.54) is 0 Å². The van der Waals surface area contributed by atoms with Gasteiger partial charge in [-0.1, -0.05) is 6.92 Å². The van der Waals surface area contributed by atoms with Crippen LogP contribution in [0.25, 0.3) is 0 Å². The van der Waals surface area contributed by atoms with Gasteiger partial charge >= 0.3 is 6.09 Å². The smallest absolute Gasteiger partial charge is 0.410 e. The number of carbonyl (C=O) groups excluding carboxylic acids is 1. The maximum atomic E-state index is 12.4. The highest BCUT2D eigenvalue weighted by Gasteiger charge is 2.35. The van der Waals surface area contributed by atoms with Crippen LogP contribution in [-0.2, 0) is 11.2 Å². The lowest BCUT2D eigenvalue weighted by molar-refractivity contribution is 0.0126. The Bertz CT molecular complexity index is 592. The fraction of sp³-hybridized carbons (Fsp3) is 0.824. The second-order valence-corrected chi connectivity index (χ2v) is 7.76. The van der Waals surface area contributed by atoms with Crippen molar-refractivity contribution in [3.05, 3.63) is 5.82 Å². The number of aromatic nitrogens is 3. The van der Waals surface area contributed by atoms with Crippen molar-refractivity contribution in [3.63, 3.8) is 0 Å². The van der Waals surface area contributed by atoms with Gasteiger partial charge in [0.15, 0.2) is 5.82 Å². The summed E-state index contributed by atoms with van der Waals surface area (Å²) in [7, 11) is 0. The SMILES string of the molecule is CCc1nc2n(n1)C(C1CCCN(C(=O)OC(C)(C)C)C1)CCN2. The number of ether oxygens (including phenoxy) is 1. The van der Waals surface area contributed by atoms with E-state index < -0.39 is 5.60 Å². The van der Waals surface area contributed by atoms with E-state index in [0.29, 0.717) is 12.0 Å². The topological polar surface area (TPSA) is 72.3 Å². The van der Waals surface area contributed by atoms with Crippen molar-refractivity contribution in [2.75, 3.05) is 25.0 Å². The maximum Gasteiger partial charge on any atom is 0.410 e. The van der Waals surface area contributed by atoms with Crippen LogP contribution in [0.2, 0.25) is 0 Å². The van der Waals surface area contributed by atoms with Crippen molar-refractivity contribution in [1.29, 1.82) is 0 Å². The van der Waals surface area contributed by atoms with Crippen molar-refractivity contribution in [2.24, 2.45) is 5.92 Å². The Kier molecular flexibility index (Phi) is 4.69. The van der Waals surface area contributed by atoms with Crippen molar-refractivity contribution < 1.29 is 9.53 Å². The molecule has 1 saturated heterocycles. The lowest BCUT2D eigenvalue weighted by atomic mass is 9.88. The highest BCUT2D eigenvalue weighted by atomic mass is 16.6. The Morgan fingerprint density at radius 2 is 2.17 bits per heavy atom. The number of likely N-dealkylation sites (tertiary alicyclic amines) is 1. The third-order valence-electron chi connectivity index (χ3n) is 4.68. The molecule has 7 heteroatoms. The summed E-state index contributed by atoms with van der Waals surface area (Å²) in [6.07, 6.45) is 3.78. The van der Waals surface area contributed by atoms with Crippen LogP contribution in [0.5, 0.6) is 0 Å². The molecule has 1 amide bonds. The minimum atomic E-state index is -0.451. The molecule has 0 bridgehead atoms. The zero-order valence-electron chi connectivity index (χ0n) is 15.2. The van der Waals surface area contributed by atoms with E-state index in [1.54, 1.807) is 0 Å². The molecule has 0 aromatic carbocycles. The average molecular weight is 335 g/mol. The van der Waals surface area contributed by atoms with Gasteiger partial charge in [0.1, 0.15) is 5.60 Å². The molecular weight excluding hydrogens is 306 g/mol. The number of amides is 1. The van der Waals surface area contributed by atoms with Gasteiger partial charge in [-0.15, -0.1) is 0 Å². The molecule has 1 aromatic heterocycles. The van der Waals surface area contributed by atoms with Crippen molar-refractivity contribution in [3.8, 4) is 0 Å². The van der Waals surface area contributed by atoms with Gasteiger partial charge in [0.05, 0.1) is 6.04 Å². The number of hydrogen-bond acceptors (Lipinski definition) is 5. The summed E-state index contributed by atoms with van der Waals surface area (Å²) in [4.78, 5) is 18.8. The second-order valence-electron chi connectivity index (χ2n) is 7.76. The van der Waals surface area contributed by atoms with E-state index in [-0.39, 0.29) is 6.09 Å². The Hall–Kier alpha value is -1.79. The van der Waals surface area contributed by atoms with Crippen LogP contribution in [0, 0.1) is 5.92 Å².